The predicted octanol–water partition coefficient (Wildman–Crippen LogP) is 3.34. The molecule has 1 unspecified atom stereocenters. The molecule has 0 spiro atoms. The molecule has 0 aliphatic heterocycles. The smallest absolute Gasteiger partial charge is 0.278 e. The van der Waals surface area contributed by atoms with E-state index in [2.05, 4.69) is 27.6 Å². The highest BCUT2D eigenvalue weighted by Gasteiger charge is 2.19. The first-order valence-corrected chi connectivity index (χ1v) is 10.8. The van der Waals surface area contributed by atoms with Gasteiger partial charge in [-0.05, 0) is 51.3 Å². The number of aryl methyl sites for hydroxylation is 3. The van der Waals surface area contributed by atoms with E-state index in [1.54, 1.807) is 11.6 Å². The average Bonchev–Trinajstić information content (AvgIpc) is 3.15. The highest BCUT2D eigenvalue weighted by atomic mass is 16.2. The Morgan fingerprint density at radius 3 is 2.34 bits per heavy atom. The Hall–Kier alpha value is -3.74. The maximum absolute atomic E-state index is 13.1. The standard InChI is InChI=1S/C25H27N5O2/c1-17(14-15-20-10-6-4-7-11-20)26-22(31)16-29-25(32)23-19(3)30(21-12-8-5-9-13-21)28-24(23)18(2)27-29/h4-13,17H,14-16H2,1-3H3,(H,26,31). The number of benzene rings is 2. The first-order valence-electron chi connectivity index (χ1n) is 10.8. The number of fused-ring (bicyclic) bond motifs is 1. The van der Waals surface area contributed by atoms with Crippen molar-refractivity contribution in [2.45, 2.75) is 46.2 Å². The number of hydrogen-bond acceptors (Lipinski definition) is 4. The van der Waals surface area contributed by atoms with Crippen molar-refractivity contribution in [1.29, 1.82) is 0 Å². The van der Waals surface area contributed by atoms with E-state index in [-0.39, 0.29) is 24.1 Å². The largest absolute Gasteiger partial charge is 0.352 e. The van der Waals surface area contributed by atoms with Crippen molar-refractivity contribution in [3.05, 3.63) is 88.0 Å². The second kappa shape index (κ2) is 9.18. The SMILES string of the molecule is Cc1nn(CC(=O)NC(C)CCc2ccccc2)c(=O)c2c(C)n(-c3ccccc3)nc12. The molecule has 1 atom stereocenters. The van der Waals surface area contributed by atoms with Gasteiger partial charge in [0.15, 0.2) is 0 Å². The number of para-hydroxylation sites is 1. The van der Waals surface area contributed by atoms with Gasteiger partial charge in [0.2, 0.25) is 5.91 Å². The molecule has 0 aliphatic carbocycles. The Morgan fingerprint density at radius 2 is 1.66 bits per heavy atom. The monoisotopic (exact) mass is 429 g/mol. The summed E-state index contributed by atoms with van der Waals surface area (Å²) >= 11 is 0. The van der Waals surface area contributed by atoms with Crippen molar-refractivity contribution in [1.82, 2.24) is 24.9 Å². The molecule has 7 nitrogen and oxygen atoms in total. The zero-order valence-electron chi connectivity index (χ0n) is 18.6. The molecule has 1 N–H and O–H groups in total. The second-order valence-electron chi connectivity index (χ2n) is 8.10. The Labute approximate surface area is 186 Å². The summed E-state index contributed by atoms with van der Waals surface area (Å²) < 4.78 is 2.98. The minimum atomic E-state index is -0.308. The average molecular weight is 430 g/mol. The van der Waals surface area contributed by atoms with E-state index in [1.165, 1.54) is 10.2 Å². The predicted molar refractivity (Wildman–Crippen MR) is 125 cm³/mol. The van der Waals surface area contributed by atoms with E-state index < -0.39 is 0 Å². The van der Waals surface area contributed by atoms with Crippen LogP contribution in [-0.2, 0) is 17.8 Å². The van der Waals surface area contributed by atoms with E-state index in [1.807, 2.05) is 62.4 Å². The number of carbonyl (C=O) groups is 1. The number of hydrogen-bond donors (Lipinski definition) is 1. The zero-order chi connectivity index (χ0) is 22.7. The molecule has 0 bridgehead atoms. The lowest BCUT2D eigenvalue weighted by Gasteiger charge is -2.14. The van der Waals surface area contributed by atoms with Crippen LogP contribution in [0.25, 0.3) is 16.6 Å². The van der Waals surface area contributed by atoms with Crippen LogP contribution >= 0.6 is 0 Å². The van der Waals surface area contributed by atoms with Gasteiger partial charge in [-0.25, -0.2) is 9.36 Å². The summed E-state index contributed by atoms with van der Waals surface area (Å²) in [7, 11) is 0. The molecule has 0 aliphatic rings. The first-order chi connectivity index (χ1) is 15.4. The number of aromatic nitrogens is 4. The molecule has 2 aromatic carbocycles. The van der Waals surface area contributed by atoms with Crippen LogP contribution in [0.4, 0.5) is 0 Å². The maximum Gasteiger partial charge on any atom is 0.278 e. The summed E-state index contributed by atoms with van der Waals surface area (Å²) in [4.78, 5) is 25.8. The van der Waals surface area contributed by atoms with Gasteiger partial charge in [0.1, 0.15) is 12.1 Å². The fourth-order valence-electron chi connectivity index (χ4n) is 3.90. The summed E-state index contributed by atoms with van der Waals surface area (Å²) in [6.07, 6.45) is 1.70. The highest BCUT2D eigenvalue weighted by Crippen LogP contribution is 2.19. The third-order valence-electron chi connectivity index (χ3n) is 5.59. The number of nitrogens with one attached hydrogen (secondary N) is 1. The van der Waals surface area contributed by atoms with E-state index in [0.29, 0.717) is 16.6 Å². The molecule has 0 radical (unpaired) electrons. The molecule has 1 amide bonds. The lowest BCUT2D eigenvalue weighted by atomic mass is 10.1. The summed E-state index contributed by atoms with van der Waals surface area (Å²) in [6.45, 7) is 5.51. The fraction of sp³-hybridized carbons (Fsp3) is 0.280. The minimum absolute atomic E-state index is 0.00852. The van der Waals surface area contributed by atoms with Crippen molar-refractivity contribution in [3.8, 4) is 5.69 Å². The van der Waals surface area contributed by atoms with Gasteiger partial charge in [-0.3, -0.25) is 9.59 Å². The molecule has 4 aromatic rings. The number of nitrogens with zero attached hydrogens (tertiary/aromatic N) is 4. The third kappa shape index (κ3) is 4.46. The molecular weight excluding hydrogens is 402 g/mol. The Balaban J connectivity index is 1.52. The van der Waals surface area contributed by atoms with Crippen LogP contribution in [-0.4, -0.2) is 31.5 Å². The van der Waals surface area contributed by atoms with Gasteiger partial charge in [-0.1, -0.05) is 48.5 Å². The number of carbonyl (C=O) groups excluding carboxylic acids is 1. The number of amides is 1. The van der Waals surface area contributed by atoms with Crippen molar-refractivity contribution in [2.75, 3.05) is 0 Å². The lowest BCUT2D eigenvalue weighted by Crippen LogP contribution is -2.38. The molecule has 2 heterocycles. The third-order valence-corrected chi connectivity index (χ3v) is 5.59. The topological polar surface area (TPSA) is 81.8 Å². The van der Waals surface area contributed by atoms with Crippen LogP contribution in [0.5, 0.6) is 0 Å². The fourth-order valence-corrected chi connectivity index (χ4v) is 3.90. The van der Waals surface area contributed by atoms with Crippen LogP contribution in [0.15, 0.2) is 65.5 Å². The van der Waals surface area contributed by atoms with E-state index >= 15 is 0 Å². The molecule has 0 saturated heterocycles. The van der Waals surface area contributed by atoms with Crippen molar-refractivity contribution in [2.24, 2.45) is 0 Å². The molecular formula is C25H27N5O2. The summed E-state index contributed by atoms with van der Waals surface area (Å²) in [5, 5.41) is 12.4. The van der Waals surface area contributed by atoms with Crippen LogP contribution < -0.4 is 10.9 Å². The zero-order valence-corrected chi connectivity index (χ0v) is 18.6. The van der Waals surface area contributed by atoms with E-state index in [4.69, 9.17) is 0 Å². The first kappa shape index (κ1) is 21.5. The van der Waals surface area contributed by atoms with Crippen molar-refractivity contribution >= 4 is 16.8 Å². The van der Waals surface area contributed by atoms with Gasteiger partial charge in [0, 0.05) is 6.04 Å². The number of rotatable bonds is 7. The molecule has 164 valence electrons. The van der Waals surface area contributed by atoms with Gasteiger partial charge in [-0.15, -0.1) is 0 Å². The summed E-state index contributed by atoms with van der Waals surface area (Å²) in [6, 6.07) is 19.8. The molecule has 0 fully saturated rings. The van der Waals surface area contributed by atoms with Gasteiger partial charge >= 0.3 is 0 Å². The molecule has 2 aromatic heterocycles. The molecule has 0 saturated carbocycles. The maximum atomic E-state index is 13.1. The Morgan fingerprint density at radius 1 is 1.00 bits per heavy atom. The van der Waals surface area contributed by atoms with Crippen LogP contribution in [0.3, 0.4) is 0 Å². The highest BCUT2D eigenvalue weighted by molar-refractivity contribution is 5.83. The van der Waals surface area contributed by atoms with Crippen LogP contribution in [0.2, 0.25) is 0 Å². The van der Waals surface area contributed by atoms with Gasteiger partial charge in [0.25, 0.3) is 5.56 Å². The summed E-state index contributed by atoms with van der Waals surface area (Å²) in [5.41, 5.74) is 3.70. The van der Waals surface area contributed by atoms with Crippen LogP contribution in [0, 0.1) is 13.8 Å². The molecule has 32 heavy (non-hydrogen) atoms. The second-order valence-corrected chi connectivity index (χ2v) is 8.10. The quantitative estimate of drug-likeness (QED) is 0.489. The van der Waals surface area contributed by atoms with E-state index in [9.17, 15) is 9.59 Å². The Bertz CT molecular complexity index is 1290. The summed E-state index contributed by atoms with van der Waals surface area (Å²) in [5.74, 6) is -0.230. The van der Waals surface area contributed by atoms with Gasteiger partial charge in [-0.2, -0.15) is 10.2 Å². The normalized spacial score (nSPS) is 12.1. The molecule has 7 heteroatoms. The Kier molecular flexibility index (Phi) is 6.16. The van der Waals surface area contributed by atoms with E-state index in [0.717, 1.165) is 24.2 Å². The van der Waals surface area contributed by atoms with Crippen LogP contribution in [0.1, 0.15) is 30.3 Å². The van der Waals surface area contributed by atoms with Crippen molar-refractivity contribution in [3.63, 3.8) is 0 Å². The van der Waals surface area contributed by atoms with Gasteiger partial charge in [0.05, 0.1) is 22.5 Å². The molecule has 4 rings (SSSR count). The van der Waals surface area contributed by atoms with Gasteiger partial charge < -0.3 is 5.32 Å². The lowest BCUT2D eigenvalue weighted by molar-refractivity contribution is -0.122. The minimum Gasteiger partial charge on any atom is -0.352 e. The van der Waals surface area contributed by atoms with Crippen molar-refractivity contribution < 1.29 is 4.79 Å².